The van der Waals surface area contributed by atoms with Gasteiger partial charge in [-0.25, -0.2) is 4.98 Å². The van der Waals surface area contributed by atoms with E-state index in [1.54, 1.807) is 0 Å². The molecule has 0 aliphatic carbocycles. The van der Waals surface area contributed by atoms with Crippen LogP contribution < -0.4 is 0 Å². The van der Waals surface area contributed by atoms with Gasteiger partial charge in [-0.15, -0.1) is 0 Å². The third kappa shape index (κ3) is 3.23. The number of nitrogens with zero attached hydrogens (tertiary/aromatic N) is 6. The monoisotopic (exact) mass is 348 g/mol. The molecule has 0 spiro atoms. The Morgan fingerprint density at radius 2 is 2.08 bits per heavy atom. The minimum absolute atomic E-state index is 0.508. The van der Waals surface area contributed by atoms with Gasteiger partial charge in [0.25, 0.3) is 0 Å². The van der Waals surface area contributed by atoms with Gasteiger partial charge in [0, 0.05) is 26.2 Å². The lowest BCUT2D eigenvalue weighted by molar-refractivity contribution is 0.250. The van der Waals surface area contributed by atoms with E-state index in [-0.39, 0.29) is 0 Å². The molecule has 0 saturated carbocycles. The molecule has 6 nitrogen and oxygen atoms in total. The van der Waals surface area contributed by atoms with Crippen molar-refractivity contribution in [2.45, 2.75) is 46.4 Å². The predicted octanol–water partition coefficient (Wildman–Crippen LogP) is 3.17. The Kier molecular flexibility index (Phi) is 4.48. The topological polar surface area (TPSA) is 62.7 Å². The van der Waals surface area contributed by atoms with Crippen molar-refractivity contribution < 1.29 is 0 Å². The number of aromatic nitrogens is 4. The van der Waals surface area contributed by atoms with Crippen LogP contribution >= 0.6 is 0 Å². The van der Waals surface area contributed by atoms with E-state index in [1.165, 1.54) is 5.52 Å². The molecule has 0 atom stereocenters. The van der Waals surface area contributed by atoms with Crippen LogP contribution in [0.2, 0.25) is 0 Å². The molecule has 4 rings (SSSR count). The standard InChI is InChI=1S/C20H24N6/c1-15(2)12-25-19-7-4-3-6-18(19)22-20(25)14-24-8-5-9-26-17(13-24)10-16(11-21)23-26/h3-4,6-7,10,15H,5,8-9,12-14H2,1-2H3. The number of imidazole rings is 1. The molecule has 0 saturated heterocycles. The van der Waals surface area contributed by atoms with E-state index in [2.05, 4.69) is 52.7 Å². The Hall–Kier alpha value is -2.65. The minimum atomic E-state index is 0.508. The molecule has 26 heavy (non-hydrogen) atoms. The third-order valence-electron chi connectivity index (χ3n) is 4.85. The second-order valence-corrected chi connectivity index (χ2v) is 7.44. The summed E-state index contributed by atoms with van der Waals surface area (Å²) in [5, 5.41) is 13.5. The SMILES string of the molecule is CC(C)Cn1c(CN2CCCn3nc(C#N)cc3C2)nc2ccccc21. The van der Waals surface area contributed by atoms with Gasteiger partial charge in [0.05, 0.1) is 23.3 Å². The summed E-state index contributed by atoms with van der Waals surface area (Å²) in [4.78, 5) is 7.33. The fraction of sp³-hybridized carbons (Fsp3) is 0.450. The highest BCUT2D eigenvalue weighted by atomic mass is 15.3. The van der Waals surface area contributed by atoms with Crippen LogP contribution in [0.4, 0.5) is 0 Å². The van der Waals surface area contributed by atoms with Crippen LogP contribution in [0.15, 0.2) is 30.3 Å². The van der Waals surface area contributed by atoms with Crippen LogP contribution in [-0.4, -0.2) is 30.8 Å². The average Bonchev–Trinajstić information content (AvgIpc) is 3.10. The van der Waals surface area contributed by atoms with E-state index in [1.807, 2.05) is 16.8 Å². The number of rotatable bonds is 4. The third-order valence-corrected chi connectivity index (χ3v) is 4.85. The zero-order valence-electron chi connectivity index (χ0n) is 15.4. The largest absolute Gasteiger partial charge is 0.327 e. The Bertz CT molecular complexity index is 958. The molecule has 1 aromatic carbocycles. The highest BCUT2D eigenvalue weighted by molar-refractivity contribution is 5.75. The van der Waals surface area contributed by atoms with E-state index in [0.29, 0.717) is 11.6 Å². The molecule has 3 aromatic rings. The summed E-state index contributed by atoms with van der Waals surface area (Å²) in [7, 11) is 0. The van der Waals surface area contributed by atoms with Crippen LogP contribution in [0.5, 0.6) is 0 Å². The van der Waals surface area contributed by atoms with Crippen LogP contribution in [0.25, 0.3) is 11.0 Å². The van der Waals surface area contributed by atoms with Crippen LogP contribution in [0, 0.1) is 17.2 Å². The van der Waals surface area contributed by atoms with Gasteiger partial charge in [-0.1, -0.05) is 26.0 Å². The number of hydrogen-bond donors (Lipinski definition) is 0. The molecule has 0 N–H and O–H groups in total. The van der Waals surface area contributed by atoms with Gasteiger partial charge < -0.3 is 4.57 Å². The van der Waals surface area contributed by atoms with Gasteiger partial charge in [-0.2, -0.15) is 10.4 Å². The Labute approximate surface area is 153 Å². The summed E-state index contributed by atoms with van der Waals surface area (Å²) >= 11 is 0. The van der Waals surface area contributed by atoms with E-state index in [4.69, 9.17) is 10.2 Å². The van der Waals surface area contributed by atoms with E-state index in [9.17, 15) is 0 Å². The first-order valence-electron chi connectivity index (χ1n) is 9.27. The fourth-order valence-electron chi connectivity index (χ4n) is 3.73. The van der Waals surface area contributed by atoms with Gasteiger partial charge in [0.2, 0.25) is 0 Å². The lowest BCUT2D eigenvalue weighted by Gasteiger charge is -2.20. The molecule has 0 radical (unpaired) electrons. The maximum Gasteiger partial charge on any atom is 0.162 e. The summed E-state index contributed by atoms with van der Waals surface area (Å²) in [5.74, 6) is 1.68. The fourth-order valence-corrected chi connectivity index (χ4v) is 3.73. The van der Waals surface area contributed by atoms with E-state index < -0.39 is 0 Å². The van der Waals surface area contributed by atoms with Crippen molar-refractivity contribution in [3.63, 3.8) is 0 Å². The minimum Gasteiger partial charge on any atom is -0.327 e. The molecule has 1 aliphatic heterocycles. The molecular weight excluding hydrogens is 324 g/mol. The van der Waals surface area contributed by atoms with Crippen LogP contribution in [0.3, 0.4) is 0 Å². The molecule has 2 aromatic heterocycles. The maximum atomic E-state index is 9.11. The van der Waals surface area contributed by atoms with Crippen molar-refractivity contribution in [2.75, 3.05) is 6.54 Å². The molecule has 1 aliphatic rings. The van der Waals surface area contributed by atoms with Gasteiger partial charge in [0.15, 0.2) is 5.69 Å². The van der Waals surface area contributed by atoms with Gasteiger partial charge in [0.1, 0.15) is 11.9 Å². The van der Waals surface area contributed by atoms with Gasteiger partial charge in [-0.3, -0.25) is 9.58 Å². The smallest absolute Gasteiger partial charge is 0.162 e. The summed E-state index contributed by atoms with van der Waals surface area (Å²) < 4.78 is 4.35. The molecular formula is C20H24N6. The quantitative estimate of drug-likeness (QED) is 0.726. The first kappa shape index (κ1) is 16.8. The van der Waals surface area contributed by atoms with Gasteiger partial charge in [-0.05, 0) is 30.5 Å². The van der Waals surface area contributed by atoms with Crippen molar-refractivity contribution in [3.8, 4) is 6.07 Å². The summed E-state index contributed by atoms with van der Waals surface area (Å²) in [6, 6.07) is 12.4. The van der Waals surface area contributed by atoms with Crippen LogP contribution in [0.1, 0.15) is 37.5 Å². The normalized spacial score (nSPS) is 15.2. The lowest BCUT2D eigenvalue weighted by atomic mass is 10.2. The van der Waals surface area contributed by atoms with Crippen molar-refractivity contribution in [2.24, 2.45) is 5.92 Å². The first-order valence-corrected chi connectivity index (χ1v) is 9.27. The lowest BCUT2D eigenvalue weighted by Crippen LogP contribution is -2.25. The summed E-state index contributed by atoms with van der Waals surface area (Å²) in [5.41, 5.74) is 3.90. The van der Waals surface area contributed by atoms with Crippen LogP contribution in [-0.2, 0) is 26.2 Å². The number of para-hydroxylation sites is 2. The van der Waals surface area contributed by atoms with Gasteiger partial charge >= 0.3 is 0 Å². The first-order chi connectivity index (χ1) is 12.6. The van der Waals surface area contributed by atoms with Crippen molar-refractivity contribution in [1.82, 2.24) is 24.2 Å². The number of fused-ring (bicyclic) bond motifs is 2. The van der Waals surface area contributed by atoms with Crippen molar-refractivity contribution in [3.05, 3.63) is 47.5 Å². The number of nitriles is 1. The second-order valence-electron chi connectivity index (χ2n) is 7.44. The summed E-state index contributed by atoms with van der Waals surface area (Å²) in [6.45, 7) is 8.96. The molecule has 3 heterocycles. The highest BCUT2D eigenvalue weighted by Crippen LogP contribution is 2.21. The number of hydrogen-bond acceptors (Lipinski definition) is 4. The zero-order valence-corrected chi connectivity index (χ0v) is 15.4. The molecule has 0 amide bonds. The highest BCUT2D eigenvalue weighted by Gasteiger charge is 2.20. The summed E-state index contributed by atoms with van der Waals surface area (Å²) in [6.07, 6.45) is 1.03. The molecule has 134 valence electrons. The van der Waals surface area contributed by atoms with Crippen molar-refractivity contribution in [1.29, 1.82) is 5.26 Å². The maximum absolute atomic E-state index is 9.11. The van der Waals surface area contributed by atoms with Crippen molar-refractivity contribution >= 4 is 11.0 Å². The molecule has 6 heteroatoms. The second kappa shape index (κ2) is 6.93. The van der Waals surface area contributed by atoms with E-state index in [0.717, 1.165) is 56.2 Å². The Morgan fingerprint density at radius 3 is 2.88 bits per heavy atom. The average molecular weight is 348 g/mol. The number of benzene rings is 1. The zero-order chi connectivity index (χ0) is 18.1. The molecule has 0 bridgehead atoms. The van der Waals surface area contributed by atoms with E-state index >= 15 is 0 Å². The Morgan fingerprint density at radius 1 is 1.23 bits per heavy atom. The number of aryl methyl sites for hydroxylation is 1. The molecule has 0 fully saturated rings. The Balaban J connectivity index is 1.63. The molecule has 0 unspecified atom stereocenters. The predicted molar refractivity (Wildman–Crippen MR) is 100 cm³/mol.